The van der Waals surface area contributed by atoms with E-state index >= 15 is 0 Å². The van der Waals surface area contributed by atoms with Crippen molar-refractivity contribution in [1.82, 2.24) is 29.5 Å². The Bertz CT molecular complexity index is 1600. The Morgan fingerprint density at radius 1 is 0.977 bits per heavy atom. The largest absolute Gasteiger partial charge is 0.339 e. The zero-order chi connectivity index (χ0) is 29.8. The van der Waals surface area contributed by atoms with Crippen molar-refractivity contribution >= 4 is 45.6 Å². The van der Waals surface area contributed by atoms with E-state index in [9.17, 15) is 9.59 Å². The molecule has 2 amide bonds. The van der Waals surface area contributed by atoms with Crippen molar-refractivity contribution in [2.75, 3.05) is 25.4 Å². The van der Waals surface area contributed by atoms with Crippen molar-refractivity contribution in [3.63, 3.8) is 0 Å². The van der Waals surface area contributed by atoms with Crippen LogP contribution < -0.4 is 0 Å². The third kappa shape index (κ3) is 6.87. The number of carbonyl (C=O) groups is 2. The van der Waals surface area contributed by atoms with E-state index in [-0.39, 0.29) is 17.9 Å². The molecule has 226 valence electrons. The fraction of sp³-hybridized carbons (Fsp3) is 0.500. The molecular formula is C34H42N6O2S. The predicted octanol–water partition coefficient (Wildman–Crippen LogP) is 6.24. The van der Waals surface area contributed by atoms with Gasteiger partial charge in [-0.1, -0.05) is 85.5 Å². The van der Waals surface area contributed by atoms with Crippen molar-refractivity contribution in [2.24, 2.45) is 5.92 Å². The van der Waals surface area contributed by atoms with Gasteiger partial charge in [-0.15, -0.1) is 10.2 Å². The Hall–Kier alpha value is -3.46. The van der Waals surface area contributed by atoms with Crippen LogP contribution in [0.4, 0.5) is 0 Å². The van der Waals surface area contributed by atoms with E-state index in [0.717, 1.165) is 46.6 Å². The molecule has 0 N–H and O–H groups in total. The van der Waals surface area contributed by atoms with Crippen LogP contribution in [0.1, 0.15) is 69.4 Å². The van der Waals surface area contributed by atoms with Crippen LogP contribution in [0.2, 0.25) is 0 Å². The summed E-state index contributed by atoms with van der Waals surface area (Å²) in [5, 5.41) is 10.7. The molecule has 1 aliphatic carbocycles. The molecule has 3 heterocycles. The predicted molar refractivity (Wildman–Crippen MR) is 172 cm³/mol. The van der Waals surface area contributed by atoms with E-state index in [1.54, 1.807) is 11.8 Å². The topological polar surface area (TPSA) is 84.2 Å². The first kappa shape index (κ1) is 29.6. The summed E-state index contributed by atoms with van der Waals surface area (Å²) < 4.78 is 2.22. The maximum absolute atomic E-state index is 13.0. The van der Waals surface area contributed by atoms with Crippen molar-refractivity contribution < 1.29 is 9.59 Å². The molecule has 43 heavy (non-hydrogen) atoms. The second-order valence-electron chi connectivity index (χ2n) is 12.3. The second-order valence-corrected chi connectivity index (χ2v) is 13.3. The van der Waals surface area contributed by atoms with E-state index in [2.05, 4.69) is 65.0 Å². The highest BCUT2D eigenvalue weighted by atomic mass is 32.2. The standard InChI is InChI=1S/C34H42N6O2S/c1-24-9-7-12-27(21-24)23-40-29-14-6-5-13-28(29)32-33(40)35-34(37-36-32)43-20-8-15-30(41)38-18-19-39(25(2)22-38)31(42)17-16-26-10-3-4-11-26/h5-7,9,12-14,21,25-26H,3-4,8,10-11,15-20,22-23H2,1-2H3. The number of hydrogen-bond acceptors (Lipinski definition) is 6. The normalized spacial score (nSPS) is 17.8. The Morgan fingerprint density at radius 3 is 2.63 bits per heavy atom. The highest BCUT2D eigenvalue weighted by molar-refractivity contribution is 7.99. The van der Waals surface area contributed by atoms with Crippen molar-refractivity contribution in [1.29, 1.82) is 0 Å². The van der Waals surface area contributed by atoms with Crippen LogP contribution >= 0.6 is 11.8 Å². The third-order valence-electron chi connectivity index (χ3n) is 9.09. The van der Waals surface area contributed by atoms with Gasteiger partial charge >= 0.3 is 0 Å². The number of para-hydroxylation sites is 1. The SMILES string of the molecule is Cc1cccc(Cn2c3ccccc3c3nnc(SCCCC(=O)N4CCN(C(=O)CCC5CCCC5)C(C)C4)nc32)c1. The smallest absolute Gasteiger partial charge is 0.222 e. The lowest BCUT2D eigenvalue weighted by molar-refractivity contribution is -0.142. The van der Waals surface area contributed by atoms with Gasteiger partial charge in [0, 0.05) is 56.2 Å². The molecule has 2 aliphatic rings. The average molecular weight is 599 g/mol. The van der Waals surface area contributed by atoms with Gasteiger partial charge in [0.1, 0.15) is 5.52 Å². The number of piperazine rings is 1. The van der Waals surface area contributed by atoms with Crippen LogP contribution in [0.5, 0.6) is 0 Å². The fourth-order valence-corrected chi connectivity index (χ4v) is 7.49. The minimum atomic E-state index is 0.0703. The summed E-state index contributed by atoms with van der Waals surface area (Å²) in [4.78, 5) is 34.7. The summed E-state index contributed by atoms with van der Waals surface area (Å²) in [5.41, 5.74) is 5.20. The highest BCUT2D eigenvalue weighted by Gasteiger charge is 2.30. The van der Waals surface area contributed by atoms with Gasteiger partial charge in [0.05, 0.1) is 5.52 Å². The first-order valence-corrected chi connectivity index (χ1v) is 16.8. The summed E-state index contributed by atoms with van der Waals surface area (Å²) >= 11 is 1.55. The van der Waals surface area contributed by atoms with Crippen molar-refractivity contribution in [3.8, 4) is 0 Å². The molecule has 2 aromatic carbocycles. The molecule has 1 saturated carbocycles. The Morgan fingerprint density at radius 2 is 1.81 bits per heavy atom. The van der Waals surface area contributed by atoms with Crippen LogP contribution in [0.3, 0.4) is 0 Å². The van der Waals surface area contributed by atoms with Crippen LogP contribution in [-0.4, -0.2) is 72.8 Å². The maximum atomic E-state index is 13.0. The Labute approximate surface area is 258 Å². The first-order chi connectivity index (χ1) is 21.0. The second kappa shape index (κ2) is 13.5. The molecule has 0 radical (unpaired) electrons. The molecule has 1 aliphatic heterocycles. The zero-order valence-corrected chi connectivity index (χ0v) is 26.2. The highest BCUT2D eigenvalue weighted by Crippen LogP contribution is 2.30. The summed E-state index contributed by atoms with van der Waals surface area (Å²) in [6.45, 7) is 6.78. The number of amides is 2. The molecule has 2 aromatic heterocycles. The molecule has 1 saturated heterocycles. The van der Waals surface area contributed by atoms with Gasteiger partial charge in [0.25, 0.3) is 0 Å². The van der Waals surface area contributed by atoms with Gasteiger partial charge in [0.2, 0.25) is 17.0 Å². The lowest BCUT2D eigenvalue weighted by Crippen LogP contribution is -2.55. The summed E-state index contributed by atoms with van der Waals surface area (Å²) in [7, 11) is 0. The Balaban J connectivity index is 1.02. The number of carbonyl (C=O) groups excluding carboxylic acids is 2. The van der Waals surface area contributed by atoms with Gasteiger partial charge in [0.15, 0.2) is 5.65 Å². The lowest BCUT2D eigenvalue weighted by Gasteiger charge is -2.40. The van der Waals surface area contributed by atoms with E-state index < -0.39 is 0 Å². The van der Waals surface area contributed by atoms with Gasteiger partial charge in [-0.3, -0.25) is 9.59 Å². The molecule has 0 spiro atoms. The third-order valence-corrected chi connectivity index (χ3v) is 10.0. The van der Waals surface area contributed by atoms with Crippen LogP contribution in [0.25, 0.3) is 22.1 Å². The minimum Gasteiger partial charge on any atom is -0.339 e. The molecular weight excluding hydrogens is 556 g/mol. The molecule has 9 heteroatoms. The zero-order valence-electron chi connectivity index (χ0n) is 25.4. The molecule has 4 aromatic rings. The van der Waals surface area contributed by atoms with Gasteiger partial charge in [-0.25, -0.2) is 4.98 Å². The molecule has 1 unspecified atom stereocenters. The maximum Gasteiger partial charge on any atom is 0.222 e. The van der Waals surface area contributed by atoms with Crippen molar-refractivity contribution in [3.05, 3.63) is 59.7 Å². The molecule has 6 rings (SSSR count). The number of fused-ring (bicyclic) bond motifs is 3. The van der Waals surface area contributed by atoms with Gasteiger partial charge in [-0.05, 0) is 44.2 Å². The first-order valence-electron chi connectivity index (χ1n) is 15.8. The molecule has 1 atom stereocenters. The van der Waals surface area contributed by atoms with Gasteiger partial charge < -0.3 is 14.4 Å². The lowest BCUT2D eigenvalue weighted by atomic mass is 10.0. The monoisotopic (exact) mass is 598 g/mol. The Kier molecular flexibility index (Phi) is 9.26. The molecule has 2 fully saturated rings. The van der Waals surface area contributed by atoms with E-state index in [0.29, 0.717) is 44.2 Å². The number of thioether (sulfide) groups is 1. The fourth-order valence-electron chi connectivity index (χ4n) is 6.77. The number of hydrogen-bond donors (Lipinski definition) is 0. The van der Waals surface area contributed by atoms with Crippen LogP contribution in [-0.2, 0) is 16.1 Å². The van der Waals surface area contributed by atoms with E-state index in [1.807, 2.05) is 21.9 Å². The number of rotatable bonds is 10. The number of aryl methyl sites for hydroxylation is 1. The average Bonchev–Trinajstić information content (AvgIpc) is 3.64. The molecule has 0 bridgehead atoms. The number of nitrogens with zero attached hydrogens (tertiary/aromatic N) is 6. The number of aromatic nitrogens is 4. The van der Waals surface area contributed by atoms with E-state index in [1.165, 1.54) is 36.8 Å². The van der Waals surface area contributed by atoms with Crippen LogP contribution in [0, 0.1) is 12.8 Å². The van der Waals surface area contributed by atoms with Gasteiger partial charge in [-0.2, -0.15) is 0 Å². The van der Waals surface area contributed by atoms with Crippen LogP contribution in [0.15, 0.2) is 53.7 Å². The van der Waals surface area contributed by atoms with Crippen molar-refractivity contribution in [2.45, 2.75) is 83.0 Å². The van der Waals surface area contributed by atoms with E-state index in [4.69, 9.17) is 4.98 Å². The minimum absolute atomic E-state index is 0.0703. The summed E-state index contributed by atoms with van der Waals surface area (Å²) in [6, 6.07) is 16.9. The molecule has 8 nitrogen and oxygen atoms in total. The quantitative estimate of drug-likeness (QED) is 0.159. The summed E-state index contributed by atoms with van der Waals surface area (Å²) in [5.74, 6) is 1.89. The number of benzene rings is 2. The summed E-state index contributed by atoms with van der Waals surface area (Å²) in [6.07, 6.45) is 8.07.